The number of hydrogen-bond acceptors (Lipinski definition) is 5. The topological polar surface area (TPSA) is 34.6 Å². The van der Waals surface area contributed by atoms with Gasteiger partial charge in [-0.3, -0.25) is 4.90 Å². The van der Waals surface area contributed by atoms with Crippen molar-refractivity contribution >= 4 is 11.3 Å². The monoisotopic (exact) mass is 304 g/mol. The van der Waals surface area contributed by atoms with Crippen LogP contribution in [0.15, 0.2) is 29.6 Å². The molecule has 0 bridgehead atoms. The van der Waals surface area contributed by atoms with E-state index in [0.717, 1.165) is 49.3 Å². The molecule has 2 heterocycles. The average Bonchev–Trinajstić information content (AvgIpc) is 2.95. The fraction of sp³-hybridized carbons (Fsp3) is 0.438. The van der Waals surface area contributed by atoms with Gasteiger partial charge in [-0.1, -0.05) is 17.7 Å². The Morgan fingerprint density at radius 1 is 1.24 bits per heavy atom. The van der Waals surface area contributed by atoms with Crippen molar-refractivity contribution in [2.24, 2.45) is 0 Å². The summed E-state index contributed by atoms with van der Waals surface area (Å²) >= 11 is 1.67. The highest BCUT2D eigenvalue weighted by molar-refractivity contribution is 7.09. The van der Waals surface area contributed by atoms with Gasteiger partial charge in [0, 0.05) is 25.0 Å². The number of aromatic nitrogens is 1. The molecule has 4 nitrogen and oxygen atoms in total. The van der Waals surface area contributed by atoms with Crippen molar-refractivity contribution in [1.29, 1.82) is 0 Å². The normalized spacial score (nSPS) is 16.0. The average molecular weight is 304 g/mol. The molecule has 0 atom stereocenters. The van der Waals surface area contributed by atoms with Gasteiger partial charge in [0.05, 0.1) is 18.9 Å². The molecule has 21 heavy (non-hydrogen) atoms. The minimum absolute atomic E-state index is 0.539. The number of nitrogens with zero attached hydrogens (tertiary/aromatic N) is 2. The number of ether oxygens (including phenoxy) is 2. The molecule has 5 heteroatoms. The Kier molecular flexibility index (Phi) is 4.85. The summed E-state index contributed by atoms with van der Waals surface area (Å²) in [5, 5.41) is 3.15. The molecular formula is C16H20N2O2S. The van der Waals surface area contributed by atoms with Crippen molar-refractivity contribution in [1.82, 2.24) is 9.88 Å². The van der Waals surface area contributed by atoms with E-state index >= 15 is 0 Å². The van der Waals surface area contributed by atoms with E-state index in [1.165, 1.54) is 5.56 Å². The standard InChI is InChI=1S/C16H20N2O2S/c1-13-2-4-15(5-3-13)20-11-16-17-14(12-21-16)10-18-6-8-19-9-7-18/h2-5,12H,6-11H2,1H3. The second-order valence-corrected chi connectivity index (χ2v) is 6.17. The van der Waals surface area contributed by atoms with Crippen LogP contribution in [-0.2, 0) is 17.9 Å². The quantitative estimate of drug-likeness (QED) is 0.851. The third-order valence-corrected chi connectivity index (χ3v) is 4.34. The Bertz CT molecular complexity index is 562. The molecule has 0 N–H and O–H groups in total. The molecule has 1 aliphatic rings. The number of rotatable bonds is 5. The molecule has 1 aliphatic heterocycles. The Labute approximate surface area is 129 Å². The van der Waals surface area contributed by atoms with Crippen LogP contribution >= 0.6 is 11.3 Å². The molecular weight excluding hydrogens is 284 g/mol. The van der Waals surface area contributed by atoms with Gasteiger partial charge in [-0.2, -0.15) is 0 Å². The minimum Gasteiger partial charge on any atom is -0.486 e. The van der Waals surface area contributed by atoms with Crippen LogP contribution in [0.3, 0.4) is 0 Å². The Morgan fingerprint density at radius 2 is 2.00 bits per heavy atom. The summed E-state index contributed by atoms with van der Waals surface area (Å²) in [4.78, 5) is 7.03. The van der Waals surface area contributed by atoms with Crippen molar-refractivity contribution in [3.63, 3.8) is 0 Å². The molecule has 0 saturated carbocycles. The molecule has 1 fully saturated rings. The largest absolute Gasteiger partial charge is 0.486 e. The molecule has 0 radical (unpaired) electrons. The van der Waals surface area contributed by atoms with Crippen molar-refractivity contribution in [3.8, 4) is 5.75 Å². The van der Waals surface area contributed by atoms with Crippen LogP contribution in [0.1, 0.15) is 16.3 Å². The first-order valence-electron chi connectivity index (χ1n) is 7.22. The summed E-state index contributed by atoms with van der Waals surface area (Å²) in [6, 6.07) is 8.11. The number of thiazole rings is 1. The van der Waals surface area contributed by atoms with Crippen LogP contribution in [0.5, 0.6) is 5.75 Å². The van der Waals surface area contributed by atoms with Crippen LogP contribution in [-0.4, -0.2) is 36.2 Å². The van der Waals surface area contributed by atoms with Gasteiger partial charge in [0.2, 0.25) is 0 Å². The summed E-state index contributed by atoms with van der Waals surface area (Å²) in [7, 11) is 0. The maximum Gasteiger partial charge on any atom is 0.140 e. The summed E-state index contributed by atoms with van der Waals surface area (Å²) in [6.07, 6.45) is 0. The second kappa shape index (κ2) is 7.02. The molecule has 0 spiro atoms. The van der Waals surface area contributed by atoms with Gasteiger partial charge >= 0.3 is 0 Å². The van der Waals surface area contributed by atoms with Gasteiger partial charge in [0.15, 0.2) is 0 Å². The molecule has 112 valence electrons. The van der Waals surface area contributed by atoms with Gasteiger partial charge in [-0.25, -0.2) is 4.98 Å². The molecule has 1 aromatic heterocycles. The van der Waals surface area contributed by atoms with Crippen LogP contribution < -0.4 is 4.74 Å². The zero-order chi connectivity index (χ0) is 14.5. The molecule has 1 saturated heterocycles. The van der Waals surface area contributed by atoms with Crippen LogP contribution in [0.25, 0.3) is 0 Å². The van der Waals surface area contributed by atoms with E-state index in [9.17, 15) is 0 Å². The lowest BCUT2D eigenvalue weighted by Crippen LogP contribution is -2.35. The number of hydrogen-bond donors (Lipinski definition) is 0. The minimum atomic E-state index is 0.539. The van der Waals surface area contributed by atoms with Gasteiger partial charge in [-0.15, -0.1) is 11.3 Å². The maximum absolute atomic E-state index is 5.76. The number of aryl methyl sites for hydroxylation is 1. The molecule has 0 aliphatic carbocycles. The molecule has 1 aromatic carbocycles. The van der Waals surface area contributed by atoms with Gasteiger partial charge < -0.3 is 9.47 Å². The van der Waals surface area contributed by atoms with Crippen LogP contribution in [0, 0.1) is 6.92 Å². The Morgan fingerprint density at radius 3 is 2.76 bits per heavy atom. The number of morpholine rings is 1. The Hall–Kier alpha value is -1.43. The van der Waals surface area contributed by atoms with E-state index in [2.05, 4.69) is 34.3 Å². The zero-order valence-corrected chi connectivity index (χ0v) is 13.1. The highest BCUT2D eigenvalue weighted by Gasteiger charge is 2.12. The highest BCUT2D eigenvalue weighted by Crippen LogP contribution is 2.17. The first-order chi connectivity index (χ1) is 10.3. The zero-order valence-electron chi connectivity index (χ0n) is 12.2. The SMILES string of the molecule is Cc1ccc(OCc2nc(CN3CCOCC3)cs2)cc1. The van der Waals surface area contributed by atoms with E-state index in [0.29, 0.717) is 6.61 Å². The third-order valence-electron chi connectivity index (χ3n) is 3.47. The van der Waals surface area contributed by atoms with E-state index in [4.69, 9.17) is 9.47 Å². The Balaban J connectivity index is 1.51. The summed E-state index contributed by atoms with van der Waals surface area (Å²) in [6.45, 7) is 7.16. The lowest BCUT2D eigenvalue weighted by Gasteiger charge is -2.25. The lowest BCUT2D eigenvalue weighted by atomic mass is 10.2. The lowest BCUT2D eigenvalue weighted by molar-refractivity contribution is 0.0337. The summed E-state index contributed by atoms with van der Waals surface area (Å²) < 4.78 is 11.1. The van der Waals surface area contributed by atoms with Crippen LogP contribution in [0.2, 0.25) is 0 Å². The van der Waals surface area contributed by atoms with Crippen molar-refractivity contribution in [2.75, 3.05) is 26.3 Å². The summed E-state index contributed by atoms with van der Waals surface area (Å²) in [5.41, 5.74) is 2.37. The first kappa shape index (κ1) is 14.5. The van der Waals surface area contributed by atoms with E-state index in [1.54, 1.807) is 11.3 Å². The first-order valence-corrected chi connectivity index (χ1v) is 8.10. The molecule has 3 rings (SSSR count). The van der Waals surface area contributed by atoms with Crippen LogP contribution in [0.4, 0.5) is 0 Å². The fourth-order valence-corrected chi connectivity index (χ4v) is 2.95. The fourth-order valence-electron chi connectivity index (χ4n) is 2.26. The number of benzene rings is 1. The van der Waals surface area contributed by atoms with E-state index in [-0.39, 0.29) is 0 Å². The van der Waals surface area contributed by atoms with Crippen molar-refractivity contribution in [3.05, 3.63) is 45.9 Å². The van der Waals surface area contributed by atoms with E-state index in [1.807, 2.05) is 12.1 Å². The second-order valence-electron chi connectivity index (χ2n) is 5.22. The predicted octanol–water partition coefficient (Wildman–Crippen LogP) is 2.86. The van der Waals surface area contributed by atoms with Gasteiger partial charge in [0.25, 0.3) is 0 Å². The molecule has 0 unspecified atom stereocenters. The maximum atomic E-state index is 5.76. The molecule has 2 aromatic rings. The third kappa shape index (κ3) is 4.27. The molecule has 0 amide bonds. The summed E-state index contributed by atoms with van der Waals surface area (Å²) in [5.74, 6) is 0.894. The smallest absolute Gasteiger partial charge is 0.140 e. The highest BCUT2D eigenvalue weighted by atomic mass is 32.1. The van der Waals surface area contributed by atoms with E-state index < -0.39 is 0 Å². The van der Waals surface area contributed by atoms with Crippen molar-refractivity contribution < 1.29 is 9.47 Å². The van der Waals surface area contributed by atoms with Gasteiger partial charge in [0.1, 0.15) is 17.4 Å². The van der Waals surface area contributed by atoms with Crippen molar-refractivity contribution in [2.45, 2.75) is 20.1 Å². The predicted molar refractivity (Wildman–Crippen MR) is 83.7 cm³/mol. The van der Waals surface area contributed by atoms with Gasteiger partial charge in [-0.05, 0) is 19.1 Å².